The molecule has 0 fully saturated rings. The molecule has 5 heteroatoms. The Morgan fingerprint density at radius 1 is 1.22 bits per heavy atom. The summed E-state index contributed by atoms with van der Waals surface area (Å²) in [5.41, 5.74) is 7.88. The molecule has 3 nitrogen and oxygen atoms in total. The molecular formula is C13H15Cl2N3. The van der Waals surface area contributed by atoms with Gasteiger partial charge in [-0.2, -0.15) is 5.10 Å². The summed E-state index contributed by atoms with van der Waals surface area (Å²) in [7, 11) is 0. The molecular weight excluding hydrogens is 269 g/mol. The summed E-state index contributed by atoms with van der Waals surface area (Å²) in [6.45, 7) is 4.68. The van der Waals surface area contributed by atoms with E-state index in [0.717, 1.165) is 11.3 Å². The zero-order valence-electron chi connectivity index (χ0n) is 10.3. The van der Waals surface area contributed by atoms with E-state index >= 15 is 0 Å². The minimum Gasteiger partial charge on any atom is -0.383 e. The zero-order chi connectivity index (χ0) is 13.3. The van der Waals surface area contributed by atoms with Gasteiger partial charge in [-0.25, -0.2) is 4.68 Å². The molecule has 0 aliphatic heterocycles. The Labute approximate surface area is 117 Å². The van der Waals surface area contributed by atoms with Crippen LogP contribution in [-0.2, 0) is 6.54 Å². The molecule has 0 radical (unpaired) electrons. The Hall–Kier alpha value is -1.19. The van der Waals surface area contributed by atoms with Crippen molar-refractivity contribution in [2.75, 3.05) is 5.73 Å². The van der Waals surface area contributed by atoms with E-state index in [2.05, 4.69) is 5.10 Å². The van der Waals surface area contributed by atoms with Crippen molar-refractivity contribution in [2.45, 2.75) is 26.3 Å². The third kappa shape index (κ3) is 2.62. The Bertz CT molecular complexity index is 544. The van der Waals surface area contributed by atoms with Crippen molar-refractivity contribution in [3.63, 3.8) is 0 Å². The van der Waals surface area contributed by atoms with Gasteiger partial charge in [-0.15, -0.1) is 0 Å². The summed E-state index contributed by atoms with van der Waals surface area (Å²) in [6, 6.07) is 7.60. The highest BCUT2D eigenvalue weighted by Gasteiger charge is 2.16. The number of hydrogen-bond acceptors (Lipinski definition) is 2. The lowest BCUT2D eigenvalue weighted by Gasteiger charge is -2.04. The monoisotopic (exact) mass is 283 g/mol. The van der Waals surface area contributed by atoms with E-state index in [9.17, 15) is 0 Å². The van der Waals surface area contributed by atoms with E-state index in [1.54, 1.807) is 4.68 Å². The fourth-order valence-electron chi connectivity index (χ4n) is 1.72. The summed E-state index contributed by atoms with van der Waals surface area (Å²) in [5, 5.41) is 5.72. The lowest BCUT2D eigenvalue weighted by molar-refractivity contribution is 0.665. The van der Waals surface area contributed by atoms with Crippen LogP contribution in [0.2, 0.25) is 10.0 Å². The quantitative estimate of drug-likeness (QED) is 0.927. The van der Waals surface area contributed by atoms with Crippen molar-refractivity contribution in [3.05, 3.63) is 45.6 Å². The third-order valence-electron chi connectivity index (χ3n) is 2.75. The van der Waals surface area contributed by atoms with E-state index in [0.29, 0.717) is 22.4 Å². The first kappa shape index (κ1) is 13.2. The van der Waals surface area contributed by atoms with Gasteiger partial charge in [-0.05, 0) is 23.6 Å². The van der Waals surface area contributed by atoms with E-state index in [1.165, 1.54) is 0 Å². The van der Waals surface area contributed by atoms with Crippen LogP contribution in [0.15, 0.2) is 24.3 Å². The predicted molar refractivity (Wildman–Crippen MR) is 76.3 cm³/mol. The van der Waals surface area contributed by atoms with Crippen LogP contribution in [0.3, 0.4) is 0 Å². The molecule has 0 spiro atoms. The van der Waals surface area contributed by atoms with Gasteiger partial charge >= 0.3 is 0 Å². The van der Waals surface area contributed by atoms with Crippen molar-refractivity contribution >= 4 is 29.0 Å². The highest BCUT2D eigenvalue weighted by atomic mass is 35.5. The summed E-state index contributed by atoms with van der Waals surface area (Å²) < 4.78 is 1.72. The molecule has 2 rings (SSSR count). The van der Waals surface area contributed by atoms with E-state index in [4.69, 9.17) is 28.9 Å². The number of rotatable bonds is 3. The van der Waals surface area contributed by atoms with Gasteiger partial charge < -0.3 is 5.73 Å². The van der Waals surface area contributed by atoms with E-state index in [1.807, 2.05) is 38.1 Å². The smallest absolute Gasteiger partial charge is 0.141 e. The first-order valence-electron chi connectivity index (χ1n) is 5.75. The lowest BCUT2D eigenvalue weighted by atomic mass is 10.1. The summed E-state index contributed by atoms with van der Waals surface area (Å²) in [4.78, 5) is 0. The minimum atomic E-state index is 0.256. The van der Waals surface area contributed by atoms with Gasteiger partial charge in [0, 0.05) is 5.02 Å². The summed E-state index contributed by atoms with van der Waals surface area (Å²) >= 11 is 12.0. The number of anilines is 1. The molecule has 1 aromatic carbocycles. The molecule has 0 aliphatic carbocycles. The van der Waals surface area contributed by atoms with Gasteiger partial charge in [0.1, 0.15) is 10.8 Å². The molecule has 96 valence electrons. The Balaban J connectivity index is 2.29. The van der Waals surface area contributed by atoms with Gasteiger partial charge in [-0.1, -0.05) is 49.2 Å². The van der Waals surface area contributed by atoms with Gasteiger partial charge in [-0.3, -0.25) is 0 Å². The second-order valence-corrected chi connectivity index (χ2v) is 5.34. The second-order valence-electron chi connectivity index (χ2n) is 4.52. The maximum absolute atomic E-state index is 6.17. The molecule has 0 amide bonds. The second kappa shape index (κ2) is 5.21. The van der Waals surface area contributed by atoms with Crippen molar-refractivity contribution in [3.8, 4) is 0 Å². The molecule has 0 unspecified atom stereocenters. The number of benzene rings is 1. The van der Waals surface area contributed by atoms with E-state index < -0.39 is 0 Å². The molecule has 0 atom stereocenters. The van der Waals surface area contributed by atoms with Crippen molar-refractivity contribution < 1.29 is 0 Å². The van der Waals surface area contributed by atoms with Gasteiger partial charge in [0.2, 0.25) is 0 Å². The predicted octanol–water partition coefficient (Wildman–Crippen LogP) is 3.94. The standard InChI is InChI=1S/C13H15Cl2N3/c1-8(2)12-11(15)13(16)18(17-12)7-9-3-5-10(14)6-4-9/h3-6,8H,7,16H2,1-2H3. The first-order chi connectivity index (χ1) is 8.49. The van der Waals surface area contributed by atoms with Crippen LogP contribution in [0.4, 0.5) is 5.82 Å². The van der Waals surface area contributed by atoms with Crippen molar-refractivity contribution in [1.29, 1.82) is 0 Å². The van der Waals surface area contributed by atoms with Crippen LogP contribution in [0.5, 0.6) is 0 Å². The van der Waals surface area contributed by atoms with Crippen LogP contribution in [0, 0.1) is 0 Å². The largest absolute Gasteiger partial charge is 0.383 e. The SMILES string of the molecule is CC(C)c1nn(Cc2ccc(Cl)cc2)c(N)c1Cl. The maximum Gasteiger partial charge on any atom is 0.141 e. The molecule has 2 aromatic rings. The first-order valence-corrected chi connectivity index (χ1v) is 6.50. The molecule has 0 bridgehead atoms. The van der Waals surface area contributed by atoms with Gasteiger partial charge in [0.05, 0.1) is 12.2 Å². The molecule has 1 aromatic heterocycles. The number of nitrogens with two attached hydrogens (primary N) is 1. The Morgan fingerprint density at radius 2 is 1.83 bits per heavy atom. The van der Waals surface area contributed by atoms with Crippen molar-refractivity contribution in [1.82, 2.24) is 9.78 Å². The van der Waals surface area contributed by atoms with E-state index in [-0.39, 0.29) is 5.92 Å². The van der Waals surface area contributed by atoms with Gasteiger partial charge in [0.25, 0.3) is 0 Å². The van der Waals surface area contributed by atoms with Crippen molar-refractivity contribution in [2.24, 2.45) is 0 Å². The third-order valence-corrected chi connectivity index (χ3v) is 3.39. The summed E-state index contributed by atoms with van der Waals surface area (Å²) in [6.07, 6.45) is 0. The molecule has 1 heterocycles. The minimum absolute atomic E-state index is 0.256. The topological polar surface area (TPSA) is 43.8 Å². The molecule has 0 saturated carbocycles. The van der Waals surface area contributed by atoms with Crippen LogP contribution in [-0.4, -0.2) is 9.78 Å². The Morgan fingerprint density at radius 3 is 2.33 bits per heavy atom. The van der Waals surface area contributed by atoms with Crippen LogP contribution in [0.1, 0.15) is 31.0 Å². The fourth-order valence-corrected chi connectivity index (χ4v) is 2.20. The normalized spacial score (nSPS) is 11.2. The number of nitrogen functional groups attached to an aromatic ring is 1. The lowest BCUT2D eigenvalue weighted by Crippen LogP contribution is -2.06. The summed E-state index contributed by atoms with van der Waals surface area (Å²) in [5.74, 6) is 0.765. The van der Waals surface area contributed by atoms with Gasteiger partial charge in [0.15, 0.2) is 0 Å². The van der Waals surface area contributed by atoms with Crippen LogP contribution < -0.4 is 5.73 Å². The molecule has 0 aliphatic rings. The zero-order valence-corrected chi connectivity index (χ0v) is 11.8. The fraction of sp³-hybridized carbons (Fsp3) is 0.308. The molecule has 18 heavy (non-hydrogen) atoms. The highest BCUT2D eigenvalue weighted by molar-refractivity contribution is 6.33. The molecule has 2 N–H and O–H groups in total. The highest BCUT2D eigenvalue weighted by Crippen LogP contribution is 2.29. The number of aromatic nitrogens is 2. The average molecular weight is 284 g/mol. The van der Waals surface area contributed by atoms with Crippen LogP contribution in [0.25, 0.3) is 0 Å². The maximum atomic E-state index is 6.17. The molecule has 0 saturated heterocycles. The van der Waals surface area contributed by atoms with Crippen LogP contribution >= 0.6 is 23.2 Å². The number of nitrogens with zero attached hydrogens (tertiary/aromatic N) is 2. The number of halogens is 2. The average Bonchev–Trinajstić information content (AvgIpc) is 2.60. The number of hydrogen-bond donors (Lipinski definition) is 1. The Kier molecular flexibility index (Phi) is 3.83.